The normalized spacial score (nSPS) is 15.1. The predicted molar refractivity (Wildman–Crippen MR) is 56.0 cm³/mol. The molecule has 3 N–H and O–H groups in total. The Labute approximate surface area is 84.4 Å². The van der Waals surface area contributed by atoms with Crippen molar-refractivity contribution in [2.24, 2.45) is 0 Å². The molecule has 0 aromatic heterocycles. The van der Waals surface area contributed by atoms with Crippen LogP contribution in [0.15, 0.2) is 30.3 Å². The fourth-order valence-electron chi connectivity index (χ4n) is 1.22. The molecule has 0 spiro atoms. The minimum absolute atomic E-state index is 0.377. The number of rotatable bonds is 5. The van der Waals surface area contributed by atoms with Crippen LogP contribution in [0.3, 0.4) is 0 Å². The van der Waals surface area contributed by atoms with E-state index in [0.29, 0.717) is 13.1 Å². The second kappa shape index (κ2) is 5.75. The Hall–Kier alpha value is -0.900. The summed E-state index contributed by atoms with van der Waals surface area (Å²) in [6, 6.07) is 9.48. The number of benzene rings is 1. The van der Waals surface area contributed by atoms with Crippen molar-refractivity contribution in [3.05, 3.63) is 35.9 Å². The number of hydrogen-bond donors (Lipinski definition) is 3. The molecule has 1 aromatic carbocycles. The molecule has 0 aliphatic heterocycles. The van der Waals surface area contributed by atoms with Gasteiger partial charge in [-0.15, -0.1) is 0 Å². The van der Waals surface area contributed by atoms with E-state index in [4.69, 9.17) is 5.11 Å². The zero-order valence-electron chi connectivity index (χ0n) is 8.35. The smallest absolute Gasteiger partial charge is 0.0914 e. The lowest BCUT2D eigenvalue weighted by Crippen LogP contribution is -2.28. The van der Waals surface area contributed by atoms with Gasteiger partial charge in [0.1, 0.15) is 0 Å². The van der Waals surface area contributed by atoms with Gasteiger partial charge in [0.2, 0.25) is 0 Å². The molecule has 0 amide bonds. The second-order valence-corrected chi connectivity index (χ2v) is 3.43. The molecule has 0 heterocycles. The topological polar surface area (TPSA) is 52.5 Å². The molecule has 1 rings (SSSR count). The highest BCUT2D eigenvalue weighted by atomic mass is 16.3. The molecule has 3 nitrogen and oxygen atoms in total. The lowest BCUT2D eigenvalue weighted by atomic mass is 10.1. The van der Waals surface area contributed by atoms with Crippen molar-refractivity contribution in [2.75, 3.05) is 13.1 Å². The quantitative estimate of drug-likeness (QED) is 0.648. The average molecular weight is 195 g/mol. The predicted octanol–water partition coefficient (Wildman–Crippen LogP) is 0.690. The molecular weight excluding hydrogens is 178 g/mol. The van der Waals surface area contributed by atoms with Crippen LogP contribution in [-0.4, -0.2) is 29.4 Å². The molecule has 0 saturated heterocycles. The summed E-state index contributed by atoms with van der Waals surface area (Å²) in [5.74, 6) is 0. The van der Waals surface area contributed by atoms with E-state index in [2.05, 4.69) is 5.32 Å². The molecule has 0 aliphatic rings. The van der Waals surface area contributed by atoms with E-state index in [0.717, 1.165) is 5.56 Å². The zero-order chi connectivity index (χ0) is 10.4. The van der Waals surface area contributed by atoms with E-state index < -0.39 is 6.10 Å². The van der Waals surface area contributed by atoms with Crippen LogP contribution in [0.1, 0.15) is 18.6 Å². The van der Waals surface area contributed by atoms with Gasteiger partial charge in [0.15, 0.2) is 0 Å². The van der Waals surface area contributed by atoms with Crippen molar-refractivity contribution in [2.45, 2.75) is 19.1 Å². The maximum Gasteiger partial charge on any atom is 0.0914 e. The van der Waals surface area contributed by atoms with Crippen LogP contribution < -0.4 is 5.32 Å². The molecule has 0 radical (unpaired) electrons. The summed E-state index contributed by atoms with van der Waals surface area (Å²) in [5.41, 5.74) is 0.894. The van der Waals surface area contributed by atoms with Crippen molar-refractivity contribution in [3.8, 4) is 0 Å². The molecule has 1 aromatic rings. The molecule has 14 heavy (non-hydrogen) atoms. The average Bonchev–Trinajstić information content (AvgIpc) is 2.18. The third-order valence-corrected chi connectivity index (χ3v) is 1.96. The first-order valence-corrected chi connectivity index (χ1v) is 4.82. The Morgan fingerprint density at radius 2 is 1.79 bits per heavy atom. The first kappa shape index (κ1) is 11.2. The lowest BCUT2D eigenvalue weighted by Gasteiger charge is -2.12. The Morgan fingerprint density at radius 1 is 1.14 bits per heavy atom. The summed E-state index contributed by atoms with van der Waals surface area (Å²) < 4.78 is 0. The molecule has 2 atom stereocenters. The van der Waals surface area contributed by atoms with E-state index in [1.165, 1.54) is 0 Å². The van der Waals surface area contributed by atoms with Gasteiger partial charge in [-0.3, -0.25) is 0 Å². The van der Waals surface area contributed by atoms with Gasteiger partial charge in [-0.25, -0.2) is 0 Å². The number of aliphatic hydroxyl groups is 2. The first-order chi connectivity index (χ1) is 6.70. The molecule has 3 heteroatoms. The zero-order valence-corrected chi connectivity index (χ0v) is 8.35. The van der Waals surface area contributed by atoms with Crippen LogP contribution >= 0.6 is 0 Å². The van der Waals surface area contributed by atoms with Gasteiger partial charge in [0, 0.05) is 13.1 Å². The Morgan fingerprint density at radius 3 is 2.36 bits per heavy atom. The molecule has 0 aliphatic carbocycles. The van der Waals surface area contributed by atoms with E-state index >= 15 is 0 Å². The second-order valence-electron chi connectivity index (χ2n) is 3.43. The first-order valence-electron chi connectivity index (χ1n) is 4.82. The molecule has 0 unspecified atom stereocenters. The van der Waals surface area contributed by atoms with Gasteiger partial charge in [0.05, 0.1) is 12.2 Å². The van der Waals surface area contributed by atoms with E-state index in [1.54, 1.807) is 6.92 Å². The van der Waals surface area contributed by atoms with Crippen LogP contribution in [0.2, 0.25) is 0 Å². The Bertz CT molecular complexity index is 249. The van der Waals surface area contributed by atoms with E-state index in [9.17, 15) is 5.11 Å². The Kier molecular flexibility index (Phi) is 4.59. The summed E-state index contributed by atoms with van der Waals surface area (Å²) in [6.45, 7) is 2.68. The van der Waals surface area contributed by atoms with Gasteiger partial charge < -0.3 is 15.5 Å². The third-order valence-electron chi connectivity index (χ3n) is 1.96. The maximum absolute atomic E-state index is 9.69. The maximum atomic E-state index is 9.69. The highest BCUT2D eigenvalue weighted by Gasteiger charge is 2.05. The number of hydrogen-bond acceptors (Lipinski definition) is 3. The highest BCUT2D eigenvalue weighted by molar-refractivity contribution is 5.17. The van der Waals surface area contributed by atoms with E-state index in [-0.39, 0.29) is 6.10 Å². The van der Waals surface area contributed by atoms with E-state index in [1.807, 2.05) is 30.3 Å². The van der Waals surface area contributed by atoms with Crippen molar-refractivity contribution >= 4 is 0 Å². The summed E-state index contributed by atoms with van der Waals surface area (Å²) in [6.07, 6.45) is -0.882. The number of nitrogens with one attached hydrogen (secondary N) is 1. The van der Waals surface area contributed by atoms with Gasteiger partial charge in [-0.2, -0.15) is 0 Å². The van der Waals surface area contributed by atoms with Crippen LogP contribution in [-0.2, 0) is 0 Å². The monoisotopic (exact) mass is 195 g/mol. The van der Waals surface area contributed by atoms with Crippen LogP contribution in [0, 0.1) is 0 Å². The fraction of sp³-hybridized carbons (Fsp3) is 0.455. The largest absolute Gasteiger partial charge is 0.392 e. The minimum atomic E-state index is -0.505. The standard InChI is InChI=1S/C11H17NO2/c1-9(13)7-12-8-11(14)10-5-3-2-4-6-10/h2-6,9,11-14H,7-8H2,1H3/t9-,11+/m0/s1. The van der Waals surface area contributed by atoms with Gasteiger partial charge in [-0.05, 0) is 12.5 Å². The molecule has 0 saturated carbocycles. The van der Waals surface area contributed by atoms with Crippen molar-refractivity contribution in [1.82, 2.24) is 5.32 Å². The van der Waals surface area contributed by atoms with Gasteiger partial charge in [-0.1, -0.05) is 30.3 Å². The SMILES string of the molecule is C[C@H](O)CNC[C@@H](O)c1ccccc1. The van der Waals surface area contributed by atoms with Crippen LogP contribution in [0.25, 0.3) is 0 Å². The van der Waals surface area contributed by atoms with Gasteiger partial charge in [0.25, 0.3) is 0 Å². The number of aliphatic hydroxyl groups excluding tert-OH is 2. The molecule has 0 bridgehead atoms. The van der Waals surface area contributed by atoms with Crippen molar-refractivity contribution in [1.29, 1.82) is 0 Å². The summed E-state index contributed by atoms with van der Waals surface area (Å²) in [4.78, 5) is 0. The summed E-state index contributed by atoms with van der Waals surface area (Å²) >= 11 is 0. The molecule has 0 fully saturated rings. The molecule has 78 valence electrons. The minimum Gasteiger partial charge on any atom is -0.392 e. The third kappa shape index (κ3) is 3.87. The van der Waals surface area contributed by atoms with Crippen molar-refractivity contribution < 1.29 is 10.2 Å². The lowest BCUT2D eigenvalue weighted by molar-refractivity contribution is 0.155. The summed E-state index contributed by atoms with van der Waals surface area (Å²) in [7, 11) is 0. The van der Waals surface area contributed by atoms with Crippen LogP contribution in [0.5, 0.6) is 0 Å². The molecular formula is C11H17NO2. The Balaban J connectivity index is 2.32. The highest BCUT2D eigenvalue weighted by Crippen LogP contribution is 2.10. The van der Waals surface area contributed by atoms with Gasteiger partial charge >= 0.3 is 0 Å². The van der Waals surface area contributed by atoms with Crippen LogP contribution in [0.4, 0.5) is 0 Å². The fourth-order valence-corrected chi connectivity index (χ4v) is 1.22. The summed E-state index contributed by atoms with van der Waals surface area (Å²) in [5, 5.41) is 21.7. The van der Waals surface area contributed by atoms with Crippen molar-refractivity contribution in [3.63, 3.8) is 0 Å².